The number of aromatic nitrogens is 2. The standard InChI is InChI=1S/C29H38N6/c1-2-3-4-8-14-26(30)28-33-25(13-9-12-22-10-6-5-7-11-22)21-27(35-28)23-15-17-24(18-16-23)34-29-31-19-20-32-29/h5-7,10-11,15-18,21,26H,2-4,8-9,12-14,19-20,30H2,1H3,(H2,31,32,34). The van der Waals surface area contributed by atoms with Crippen LogP contribution in [0.1, 0.15) is 68.6 Å². The van der Waals surface area contributed by atoms with E-state index in [2.05, 4.69) is 83.2 Å². The minimum atomic E-state index is -0.132. The minimum Gasteiger partial charge on any atom is -0.354 e. The summed E-state index contributed by atoms with van der Waals surface area (Å²) in [5.74, 6) is 1.59. The van der Waals surface area contributed by atoms with E-state index < -0.39 is 0 Å². The Morgan fingerprint density at radius 2 is 1.77 bits per heavy atom. The summed E-state index contributed by atoms with van der Waals surface area (Å²) in [4.78, 5) is 14.2. The van der Waals surface area contributed by atoms with Crippen LogP contribution in [0, 0.1) is 0 Å². The first-order chi connectivity index (χ1) is 17.2. The summed E-state index contributed by atoms with van der Waals surface area (Å²) >= 11 is 0. The van der Waals surface area contributed by atoms with E-state index in [4.69, 9.17) is 15.7 Å². The van der Waals surface area contributed by atoms with E-state index >= 15 is 0 Å². The second-order valence-corrected chi connectivity index (χ2v) is 9.26. The number of anilines is 1. The average molecular weight is 471 g/mol. The van der Waals surface area contributed by atoms with Gasteiger partial charge in [0.15, 0.2) is 5.96 Å². The summed E-state index contributed by atoms with van der Waals surface area (Å²) in [5.41, 5.74) is 12.0. The Kier molecular flexibility index (Phi) is 9.24. The van der Waals surface area contributed by atoms with Crippen LogP contribution in [-0.2, 0) is 12.8 Å². The Morgan fingerprint density at radius 3 is 2.51 bits per heavy atom. The fourth-order valence-corrected chi connectivity index (χ4v) is 4.34. The van der Waals surface area contributed by atoms with Crippen molar-refractivity contribution in [3.8, 4) is 11.3 Å². The molecule has 6 heteroatoms. The molecule has 0 spiro atoms. The molecule has 6 nitrogen and oxygen atoms in total. The lowest BCUT2D eigenvalue weighted by Crippen LogP contribution is -2.26. The van der Waals surface area contributed by atoms with Crippen molar-refractivity contribution in [1.82, 2.24) is 15.3 Å². The highest BCUT2D eigenvalue weighted by Crippen LogP contribution is 2.24. The van der Waals surface area contributed by atoms with Crippen molar-refractivity contribution in [3.05, 3.63) is 77.7 Å². The van der Waals surface area contributed by atoms with Crippen LogP contribution in [0.5, 0.6) is 0 Å². The molecule has 0 saturated heterocycles. The number of hydrogen-bond donors (Lipinski definition) is 3. The van der Waals surface area contributed by atoms with Gasteiger partial charge in [0.25, 0.3) is 0 Å². The van der Waals surface area contributed by atoms with Gasteiger partial charge in [0.05, 0.1) is 18.3 Å². The zero-order valence-electron chi connectivity index (χ0n) is 20.8. The Hall–Kier alpha value is -3.25. The predicted molar refractivity (Wildman–Crippen MR) is 146 cm³/mol. The average Bonchev–Trinajstić information content (AvgIpc) is 3.40. The smallest absolute Gasteiger partial charge is 0.195 e. The Bertz CT molecular complexity index is 1080. The number of unbranched alkanes of at least 4 members (excludes halogenated alkanes) is 3. The van der Waals surface area contributed by atoms with Gasteiger partial charge in [0.1, 0.15) is 5.82 Å². The summed E-state index contributed by atoms with van der Waals surface area (Å²) in [6, 6.07) is 21.0. The first kappa shape index (κ1) is 24.9. The summed E-state index contributed by atoms with van der Waals surface area (Å²) < 4.78 is 0. The van der Waals surface area contributed by atoms with Crippen LogP contribution >= 0.6 is 0 Å². The number of aryl methyl sites for hydroxylation is 2. The molecule has 1 aliphatic heterocycles. The van der Waals surface area contributed by atoms with Crippen molar-refractivity contribution in [2.45, 2.75) is 64.3 Å². The molecule has 2 aromatic carbocycles. The lowest BCUT2D eigenvalue weighted by Gasteiger charge is -2.14. The molecule has 0 amide bonds. The molecule has 1 unspecified atom stereocenters. The molecular weight excluding hydrogens is 432 g/mol. The number of benzene rings is 2. The molecule has 0 radical (unpaired) electrons. The lowest BCUT2D eigenvalue weighted by molar-refractivity contribution is 0.544. The Morgan fingerprint density at radius 1 is 0.943 bits per heavy atom. The van der Waals surface area contributed by atoms with Crippen LogP contribution in [0.3, 0.4) is 0 Å². The zero-order chi connectivity index (χ0) is 24.3. The first-order valence-electron chi connectivity index (χ1n) is 13.0. The van der Waals surface area contributed by atoms with Crippen LogP contribution < -0.4 is 16.4 Å². The van der Waals surface area contributed by atoms with Gasteiger partial charge >= 0.3 is 0 Å². The summed E-state index contributed by atoms with van der Waals surface area (Å²) in [7, 11) is 0. The van der Waals surface area contributed by atoms with Gasteiger partial charge in [0, 0.05) is 23.5 Å². The van der Waals surface area contributed by atoms with Crippen LogP contribution in [-0.4, -0.2) is 29.0 Å². The summed E-state index contributed by atoms with van der Waals surface area (Å²) in [5, 5.41) is 6.56. The number of hydrogen-bond acceptors (Lipinski definition) is 6. The summed E-state index contributed by atoms with van der Waals surface area (Å²) in [6.45, 7) is 3.93. The van der Waals surface area contributed by atoms with Crippen molar-refractivity contribution in [1.29, 1.82) is 0 Å². The SMILES string of the molecule is CCCCCCC(N)c1nc(CCCc2ccccc2)cc(-c2ccc(NC3=NCCN3)cc2)n1. The normalized spacial score (nSPS) is 13.8. The highest BCUT2D eigenvalue weighted by molar-refractivity contribution is 5.94. The van der Waals surface area contributed by atoms with E-state index in [0.717, 1.165) is 79.6 Å². The van der Waals surface area contributed by atoms with E-state index in [9.17, 15) is 0 Å². The van der Waals surface area contributed by atoms with E-state index in [1.54, 1.807) is 0 Å². The van der Waals surface area contributed by atoms with Crippen LogP contribution in [0.15, 0.2) is 65.7 Å². The molecule has 35 heavy (non-hydrogen) atoms. The third kappa shape index (κ3) is 7.62. The predicted octanol–water partition coefficient (Wildman–Crippen LogP) is 5.66. The van der Waals surface area contributed by atoms with Gasteiger partial charge in [-0.2, -0.15) is 0 Å². The zero-order valence-corrected chi connectivity index (χ0v) is 20.8. The Labute approximate surface area is 209 Å². The largest absolute Gasteiger partial charge is 0.354 e. The molecular formula is C29H38N6. The molecule has 4 rings (SSSR count). The maximum absolute atomic E-state index is 6.57. The monoisotopic (exact) mass is 470 g/mol. The van der Waals surface area contributed by atoms with Crippen LogP contribution in [0.4, 0.5) is 5.69 Å². The molecule has 184 valence electrons. The Balaban J connectivity index is 1.49. The van der Waals surface area contributed by atoms with E-state index in [-0.39, 0.29) is 6.04 Å². The second-order valence-electron chi connectivity index (χ2n) is 9.26. The van der Waals surface area contributed by atoms with Gasteiger partial charge < -0.3 is 16.4 Å². The first-order valence-corrected chi connectivity index (χ1v) is 13.0. The molecule has 0 saturated carbocycles. The highest BCUT2D eigenvalue weighted by atomic mass is 15.2. The molecule has 1 aromatic heterocycles. The van der Waals surface area contributed by atoms with Gasteiger partial charge in [-0.15, -0.1) is 0 Å². The number of nitrogens with one attached hydrogen (secondary N) is 2. The number of guanidine groups is 1. The molecule has 2 heterocycles. The topological polar surface area (TPSA) is 88.2 Å². The fraction of sp³-hybridized carbons (Fsp3) is 0.414. The van der Waals surface area contributed by atoms with Crippen molar-refractivity contribution >= 4 is 11.6 Å². The van der Waals surface area contributed by atoms with E-state index in [1.807, 2.05) is 0 Å². The van der Waals surface area contributed by atoms with Crippen LogP contribution in [0.25, 0.3) is 11.3 Å². The molecule has 0 bridgehead atoms. The highest BCUT2D eigenvalue weighted by Gasteiger charge is 2.14. The van der Waals surface area contributed by atoms with E-state index in [1.165, 1.54) is 24.8 Å². The van der Waals surface area contributed by atoms with Crippen molar-refractivity contribution in [3.63, 3.8) is 0 Å². The molecule has 0 aliphatic carbocycles. The van der Waals surface area contributed by atoms with Gasteiger partial charge in [-0.1, -0.05) is 75.1 Å². The number of rotatable bonds is 12. The second kappa shape index (κ2) is 13.0. The van der Waals surface area contributed by atoms with Gasteiger partial charge in [-0.3, -0.25) is 4.99 Å². The summed E-state index contributed by atoms with van der Waals surface area (Å²) in [6.07, 6.45) is 8.71. The van der Waals surface area contributed by atoms with Crippen molar-refractivity contribution < 1.29 is 0 Å². The fourth-order valence-electron chi connectivity index (χ4n) is 4.34. The quantitative estimate of drug-likeness (QED) is 0.297. The van der Waals surface area contributed by atoms with Crippen LogP contribution in [0.2, 0.25) is 0 Å². The van der Waals surface area contributed by atoms with Crippen molar-refractivity contribution in [2.24, 2.45) is 10.7 Å². The van der Waals surface area contributed by atoms with Gasteiger partial charge in [0.2, 0.25) is 0 Å². The third-order valence-electron chi connectivity index (χ3n) is 6.36. The molecule has 1 atom stereocenters. The molecule has 3 aromatic rings. The minimum absolute atomic E-state index is 0.132. The molecule has 4 N–H and O–H groups in total. The maximum Gasteiger partial charge on any atom is 0.195 e. The number of nitrogens with zero attached hydrogens (tertiary/aromatic N) is 3. The third-order valence-corrected chi connectivity index (χ3v) is 6.36. The molecule has 0 fully saturated rings. The number of nitrogens with two attached hydrogens (primary N) is 1. The van der Waals surface area contributed by atoms with Gasteiger partial charge in [-0.05, 0) is 49.4 Å². The number of aliphatic imine (C=N–C) groups is 1. The maximum atomic E-state index is 6.57. The van der Waals surface area contributed by atoms with E-state index in [0.29, 0.717) is 0 Å². The molecule has 1 aliphatic rings. The van der Waals surface area contributed by atoms with Crippen molar-refractivity contribution in [2.75, 3.05) is 18.4 Å². The van der Waals surface area contributed by atoms with Gasteiger partial charge in [-0.25, -0.2) is 9.97 Å². The lowest BCUT2D eigenvalue weighted by atomic mass is 10.0.